The highest BCUT2D eigenvalue weighted by molar-refractivity contribution is 5.05. The maximum absolute atomic E-state index is 4.38. The normalized spacial score (nSPS) is 12.9. The Morgan fingerprint density at radius 1 is 1.29 bits per heavy atom. The number of likely N-dealkylation sites (N-methyl/N-ethyl adjacent to an activating group) is 1. The second kappa shape index (κ2) is 8.20. The van der Waals surface area contributed by atoms with Gasteiger partial charge in [-0.15, -0.1) is 0 Å². The van der Waals surface area contributed by atoms with Crippen molar-refractivity contribution in [2.45, 2.75) is 32.7 Å². The topological polar surface area (TPSA) is 28.2 Å². The molecule has 1 heterocycles. The standard InChI is InChI=1S/C14H25N3/c1-4-17(5-2)11-9-13(15-3)12-14-8-6-7-10-16-14/h6-8,10,13,15H,4-5,9,11-12H2,1-3H3. The van der Waals surface area contributed by atoms with Crippen LogP contribution in [0.25, 0.3) is 0 Å². The average molecular weight is 235 g/mol. The van der Waals surface area contributed by atoms with Crippen molar-refractivity contribution in [1.82, 2.24) is 15.2 Å². The first-order valence-electron chi connectivity index (χ1n) is 6.59. The first-order chi connectivity index (χ1) is 8.30. The maximum atomic E-state index is 4.38. The number of nitrogens with one attached hydrogen (secondary N) is 1. The predicted molar refractivity (Wildman–Crippen MR) is 73.2 cm³/mol. The Morgan fingerprint density at radius 2 is 2.06 bits per heavy atom. The van der Waals surface area contributed by atoms with Crippen molar-refractivity contribution >= 4 is 0 Å². The van der Waals surface area contributed by atoms with Gasteiger partial charge in [0.15, 0.2) is 0 Å². The summed E-state index contributed by atoms with van der Waals surface area (Å²) in [6.45, 7) is 7.87. The van der Waals surface area contributed by atoms with Gasteiger partial charge in [-0.05, 0) is 45.2 Å². The van der Waals surface area contributed by atoms with Gasteiger partial charge < -0.3 is 10.2 Å². The van der Waals surface area contributed by atoms with Gasteiger partial charge in [-0.1, -0.05) is 19.9 Å². The molecule has 1 unspecified atom stereocenters. The molecule has 3 nitrogen and oxygen atoms in total. The Balaban J connectivity index is 2.38. The second-order valence-electron chi connectivity index (χ2n) is 4.33. The number of pyridine rings is 1. The molecule has 1 N–H and O–H groups in total. The van der Waals surface area contributed by atoms with E-state index in [1.165, 1.54) is 12.1 Å². The van der Waals surface area contributed by atoms with E-state index in [9.17, 15) is 0 Å². The summed E-state index contributed by atoms with van der Waals surface area (Å²) in [6, 6.07) is 6.64. The monoisotopic (exact) mass is 235 g/mol. The zero-order valence-corrected chi connectivity index (χ0v) is 11.3. The van der Waals surface area contributed by atoms with Gasteiger partial charge in [-0.3, -0.25) is 4.98 Å². The van der Waals surface area contributed by atoms with Crippen molar-refractivity contribution in [3.63, 3.8) is 0 Å². The zero-order chi connectivity index (χ0) is 12.5. The van der Waals surface area contributed by atoms with Crippen LogP contribution in [0, 0.1) is 0 Å². The summed E-state index contributed by atoms with van der Waals surface area (Å²) in [4.78, 5) is 6.84. The number of hydrogen-bond acceptors (Lipinski definition) is 3. The van der Waals surface area contributed by atoms with Gasteiger partial charge >= 0.3 is 0 Å². The molecular weight excluding hydrogens is 210 g/mol. The summed E-state index contributed by atoms with van der Waals surface area (Å²) in [5.74, 6) is 0. The molecule has 0 saturated heterocycles. The van der Waals surface area contributed by atoms with Crippen LogP contribution >= 0.6 is 0 Å². The minimum Gasteiger partial charge on any atom is -0.317 e. The van der Waals surface area contributed by atoms with Crippen LogP contribution in [-0.4, -0.2) is 42.6 Å². The van der Waals surface area contributed by atoms with Crippen LogP contribution in [-0.2, 0) is 6.42 Å². The fraction of sp³-hybridized carbons (Fsp3) is 0.643. The highest BCUT2D eigenvalue weighted by Crippen LogP contribution is 2.04. The molecule has 0 bridgehead atoms. The van der Waals surface area contributed by atoms with E-state index in [-0.39, 0.29) is 0 Å². The molecule has 0 saturated carbocycles. The molecule has 0 aliphatic rings. The molecule has 96 valence electrons. The van der Waals surface area contributed by atoms with Crippen LogP contribution in [0.1, 0.15) is 26.0 Å². The third kappa shape index (κ3) is 5.29. The summed E-state index contributed by atoms with van der Waals surface area (Å²) in [5, 5.41) is 3.39. The number of nitrogens with zero attached hydrogens (tertiary/aromatic N) is 2. The quantitative estimate of drug-likeness (QED) is 0.746. The molecule has 0 aliphatic heterocycles. The summed E-state index contributed by atoms with van der Waals surface area (Å²) in [7, 11) is 2.04. The minimum atomic E-state index is 0.519. The molecule has 17 heavy (non-hydrogen) atoms. The predicted octanol–water partition coefficient (Wildman–Crippen LogP) is 1.94. The van der Waals surface area contributed by atoms with Crippen molar-refractivity contribution in [3.8, 4) is 0 Å². The molecule has 0 aromatic carbocycles. The van der Waals surface area contributed by atoms with E-state index in [4.69, 9.17) is 0 Å². The average Bonchev–Trinajstić information content (AvgIpc) is 2.39. The SMILES string of the molecule is CCN(CC)CCC(Cc1ccccn1)NC. The van der Waals surface area contributed by atoms with Crippen LogP contribution < -0.4 is 5.32 Å². The first kappa shape index (κ1) is 14.1. The molecule has 1 aromatic rings. The van der Waals surface area contributed by atoms with Gasteiger partial charge in [0.05, 0.1) is 0 Å². The van der Waals surface area contributed by atoms with Gasteiger partial charge in [0.2, 0.25) is 0 Å². The summed E-state index contributed by atoms with van der Waals surface area (Å²) < 4.78 is 0. The van der Waals surface area contributed by atoms with Crippen LogP contribution in [0.15, 0.2) is 24.4 Å². The molecule has 0 amide bonds. The van der Waals surface area contributed by atoms with Gasteiger partial charge in [-0.2, -0.15) is 0 Å². The third-order valence-electron chi connectivity index (χ3n) is 3.28. The Kier molecular flexibility index (Phi) is 6.82. The lowest BCUT2D eigenvalue weighted by Crippen LogP contribution is -2.34. The lowest BCUT2D eigenvalue weighted by Gasteiger charge is -2.22. The van der Waals surface area contributed by atoms with Gasteiger partial charge in [-0.25, -0.2) is 0 Å². The highest BCUT2D eigenvalue weighted by Gasteiger charge is 2.09. The molecule has 1 atom stereocenters. The van der Waals surface area contributed by atoms with Crippen molar-refractivity contribution in [1.29, 1.82) is 0 Å². The molecular formula is C14H25N3. The van der Waals surface area contributed by atoms with Crippen molar-refractivity contribution in [2.24, 2.45) is 0 Å². The second-order valence-corrected chi connectivity index (χ2v) is 4.33. The number of hydrogen-bond donors (Lipinski definition) is 1. The maximum Gasteiger partial charge on any atom is 0.0419 e. The third-order valence-corrected chi connectivity index (χ3v) is 3.28. The summed E-state index contributed by atoms with van der Waals surface area (Å²) in [5.41, 5.74) is 1.17. The Bertz CT molecular complexity index is 283. The molecule has 0 spiro atoms. The van der Waals surface area contributed by atoms with Gasteiger partial charge in [0, 0.05) is 24.4 Å². The van der Waals surface area contributed by atoms with E-state index in [0.717, 1.165) is 26.1 Å². The molecule has 0 fully saturated rings. The smallest absolute Gasteiger partial charge is 0.0419 e. The molecule has 3 heteroatoms. The van der Waals surface area contributed by atoms with Gasteiger partial charge in [0.25, 0.3) is 0 Å². The van der Waals surface area contributed by atoms with E-state index in [1.54, 1.807) is 0 Å². The minimum absolute atomic E-state index is 0.519. The highest BCUT2D eigenvalue weighted by atomic mass is 15.1. The Morgan fingerprint density at radius 3 is 2.59 bits per heavy atom. The lowest BCUT2D eigenvalue weighted by atomic mass is 10.1. The fourth-order valence-corrected chi connectivity index (χ4v) is 2.00. The van der Waals surface area contributed by atoms with Gasteiger partial charge in [0.1, 0.15) is 0 Å². The summed E-state index contributed by atoms with van der Waals surface area (Å²) >= 11 is 0. The van der Waals surface area contributed by atoms with Crippen LogP contribution in [0.5, 0.6) is 0 Å². The molecule has 1 rings (SSSR count). The van der Waals surface area contributed by atoms with Crippen molar-refractivity contribution in [2.75, 3.05) is 26.7 Å². The Hall–Kier alpha value is -0.930. The molecule has 0 aliphatic carbocycles. The van der Waals surface area contributed by atoms with Crippen LogP contribution in [0.2, 0.25) is 0 Å². The molecule has 0 radical (unpaired) electrons. The van der Waals surface area contributed by atoms with Crippen LogP contribution in [0.4, 0.5) is 0 Å². The first-order valence-corrected chi connectivity index (χ1v) is 6.59. The van der Waals surface area contributed by atoms with Crippen molar-refractivity contribution < 1.29 is 0 Å². The van der Waals surface area contributed by atoms with Crippen molar-refractivity contribution in [3.05, 3.63) is 30.1 Å². The summed E-state index contributed by atoms with van der Waals surface area (Å²) in [6.07, 6.45) is 4.06. The fourth-order valence-electron chi connectivity index (χ4n) is 2.00. The van der Waals surface area contributed by atoms with E-state index < -0.39 is 0 Å². The zero-order valence-electron chi connectivity index (χ0n) is 11.3. The number of aromatic nitrogens is 1. The largest absolute Gasteiger partial charge is 0.317 e. The molecule has 1 aromatic heterocycles. The van der Waals surface area contributed by atoms with E-state index in [1.807, 2.05) is 19.3 Å². The van der Waals surface area contributed by atoms with E-state index in [2.05, 4.69) is 41.2 Å². The lowest BCUT2D eigenvalue weighted by molar-refractivity contribution is 0.283. The van der Waals surface area contributed by atoms with E-state index >= 15 is 0 Å². The van der Waals surface area contributed by atoms with Crippen LogP contribution in [0.3, 0.4) is 0 Å². The van der Waals surface area contributed by atoms with E-state index in [0.29, 0.717) is 6.04 Å². The number of rotatable bonds is 8. The Labute approximate surface area is 105 Å².